The molecule has 4 rings (SSSR count). The molecule has 3 aromatic rings. The number of fused-ring (bicyclic) bond motifs is 1. The monoisotopic (exact) mass is 293 g/mol. The first kappa shape index (κ1) is 13.5. The van der Waals surface area contributed by atoms with Crippen LogP contribution in [0, 0.1) is 0 Å². The molecule has 4 nitrogen and oxygen atoms in total. The molecule has 1 saturated heterocycles. The van der Waals surface area contributed by atoms with Crippen LogP contribution in [0.4, 0.5) is 0 Å². The summed E-state index contributed by atoms with van der Waals surface area (Å²) >= 11 is 0. The highest BCUT2D eigenvalue weighted by Crippen LogP contribution is 2.31. The minimum atomic E-state index is 0.176. The second kappa shape index (κ2) is 5.91. The number of nitrogens with zero attached hydrogens (tertiary/aromatic N) is 2. The molecule has 1 fully saturated rings. The van der Waals surface area contributed by atoms with Gasteiger partial charge in [-0.2, -0.15) is 0 Å². The summed E-state index contributed by atoms with van der Waals surface area (Å²) in [7, 11) is 0. The summed E-state index contributed by atoms with van der Waals surface area (Å²) in [6, 6.07) is 12.9. The van der Waals surface area contributed by atoms with E-state index >= 15 is 0 Å². The number of piperazine rings is 1. The van der Waals surface area contributed by atoms with Gasteiger partial charge in [0.15, 0.2) is 0 Å². The fourth-order valence-corrected chi connectivity index (χ4v) is 3.21. The van der Waals surface area contributed by atoms with Crippen molar-refractivity contribution in [2.75, 3.05) is 26.2 Å². The minimum absolute atomic E-state index is 0.176. The van der Waals surface area contributed by atoms with Gasteiger partial charge < -0.3 is 9.73 Å². The molecule has 0 amide bonds. The smallest absolute Gasteiger partial charge is 0.125 e. The number of nitrogens with one attached hydrogen (secondary N) is 1. The Bertz CT molecular complexity index is 748. The first-order valence-electron chi connectivity index (χ1n) is 7.74. The second-order valence-electron chi connectivity index (χ2n) is 5.69. The molecule has 3 heterocycles. The van der Waals surface area contributed by atoms with Crippen molar-refractivity contribution in [3.8, 4) is 0 Å². The van der Waals surface area contributed by atoms with Crippen LogP contribution >= 0.6 is 0 Å². The SMILES string of the molecule is c1coc(C(c2ccc3cnccc3c2)N2CCNCC2)c1. The van der Waals surface area contributed by atoms with E-state index in [1.54, 1.807) is 6.26 Å². The molecule has 2 aromatic heterocycles. The Morgan fingerprint density at radius 3 is 2.82 bits per heavy atom. The van der Waals surface area contributed by atoms with E-state index < -0.39 is 0 Å². The van der Waals surface area contributed by atoms with Crippen LogP contribution < -0.4 is 5.32 Å². The zero-order valence-corrected chi connectivity index (χ0v) is 12.4. The van der Waals surface area contributed by atoms with Crippen molar-refractivity contribution in [3.05, 3.63) is 66.4 Å². The van der Waals surface area contributed by atoms with Gasteiger partial charge in [-0.25, -0.2) is 0 Å². The number of hydrogen-bond donors (Lipinski definition) is 1. The Balaban J connectivity index is 1.78. The number of pyridine rings is 1. The molecular weight excluding hydrogens is 274 g/mol. The van der Waals surface area contributed by atoms with Crippen molar-refractivity contribution in [1.82, 2.24) is 15.2 Å². The van der Waals surface area contributed by atoms with Crippen molar-refractivity contribution < 1.29 is 4.42 Å². The maximum Gasteiger partial charge on any atom is 0.125 e. The lowest BCUT2D eigenvalue weighted by Crippen LogP contribution is -2.45. The molecule has 1 unspecified atom stereocenters. The van der Waals surface area contributed by atoms with Crippen LogP contribution in [0.3, 0.4) is 0 Å². The molecule has 1 aliphatic heterocycles. The minimum Gasteiger partial charge on any atom is -0.467 e. The lowest BCUT2D eigenvalue weighted by molar-refractivity contribution is 0.180. The molecule has 1 N–H and O–H groups in total. The summed E-state index contributed by atoms with van der Waals surface area (Å²) in [5.74, 6) is 1.01. The Hall–Kier alpha value is -2.17. The molecule has 0 aliphatic carbocycles. The molecular formula is C18H19N3O. The van der Waals surface area contributed by atoms with Crippen LogP contribution in [0.25, 0.3) is 10.8 Å². The largest absolute Gasteiger partial charge is 0.467 e. The van der Waals surface area contributed by atoms with Crippen molar-refractivity contribution in [1.29, 1.82) is 0 Å². The predicted molar refractivity (Wildman–Crippen MR) is 86.7 cm³/mol. The number of furan rings is 1. The standard InChI is InChI=1S/C18H19N3O/c1-2-17(22-11-1)18(21-9-7-19-8-10-21)15-3-4-16-13-20-6-5-14(16)12-15/h1-6,11-13,18-19H,7-10H2. The van der Waals surface area contributed by atoms with E-state index in [-0.39, 0.29) is 6.04 Å². The third kappa shape index (κ3) is 2.51. The number of benzene rings is 1. The Labute approximate surface area is 129 Å². The normalized spacial score (nSPS) is 17.6. The molecule has 4 heteroatoms. The van der Waals surface area contributed by atoms with E-state index in [0.717, 1.165) is 31.9 Å². The lowest BCUT2D eigenvalue weighted by atomic mass is 9.99. The van der Waals surface area contributed by atoms with E-state index in [1.165, 1.54) is 16.3 Å². The topological polar surface area (TPSA) is 41.3 Å². The number of hydrogen-bond acceptors (Lipinski definition) is 4. The number of rotatable bonds is 3. The van der Waals surface area contributed by atoms with E-state index in [2.05, 4.69) is 45.5 Å². The third-order valence-corrected chi connectivity index (χ3v) is 4.31. The maximum atomic E-state index is 5.74. The Morgan fingerprint density at radius 2 is 2.00 bits per heavy atom. The van der Waals surface area contributed by atoms with Gasteiger partial charge in [0, 0.05) is 44.0 Å². The predicted octanol–water partition coefficient (Wildman–Crippen LogP) is 2.82. The summed E-state index contributed by atoms with van der Waals surface area (Å²) in [5.41, 5.74) is 1.27. The van der Waals surface area contributed by atoms with Gasteiger partial charge in [0.1, 0.15) is 5.76 Å². The zero-order chi connectivity index (χ0) is 14.8. The molecule has 0 radical (unpaired) electrons. The quantitative estimate of drug-likeness (QED) is 0.806. The van der Waals surface area contributed by atoms with Crippen LogP contribution in [0.15, 0.2) is 59.5 Å². The van der Waals surface area contributed by atoms with Gasteiger partial charge in [-0.1, -0.05) is 12.1 Å². The van der Waals surface area contributed by atoms with E-state index in [9.17, 15) is 0 Å². The second-order valence-corrected chi connectivity index (χ2v) is 5.69. The van der Waals surface area contributed by atoms with Gasteiger partial charge >= 0.3 is 0 Å². The van der Waals surface area contributed by atoms with E-state index in [1.807, 2.05) is 18.5 Å². The van der Waals surface area contributed by atoms with Crippen LogP contribution in [0.1, 0.15) is 17.4 Å². The van der Waals surface area contributed by atoms with E-state index in [4.69, 9.17) is 4.42 Å². The molecule has 0 bridgehead atoms. The molecule has 22 heavy (non-hydrogen) atoms. The fraction of sp³-hybridized carbons (Fsp3) is 0.278. The molecule has 112 valence electrons. The zero-order valence-electron chi connectivity index (χ0n) is 12.4. The summed E-state index contributed by atoms with van der Waals surface area (Å²) in [4.78, 5) is 6.67. The summed E-state index contributed by atoms with van der Waals surface area (Å²) < 4.78 is 5.74. The summed E-state index contributed by atoms with van der Waals surface area (Å²) in [5, 5.41) is 5.81. The average molecular weight is 293 g/mol. The molecule has 0 spiro atoms. The van der Waals surface area contributed by atoms with Gasteiger partial charge in [0.05, 0.1) is 12.3 Å². The van der Waals surface area contributed by atoms with Gasteiger partial charge in [-0.05, 0) is 35.2 Å². The average Bonchev–Trinajstić information content (AvgIpc) is 3.10. The molecule has 0 saturated carbocycles. The molecule has 1 aromatic carbocycles. The molecule has 1 atom stereocenters. The van der Waals surface area contributed by atoms with Crippen molar-refractivity contribution in [3.63, 3.8) is 0 Å². The highest BCUT2D eigenvalue weighted by atomic mass is 16.3. The van der Waals surface area contributed by atoms with Crippen LogP contribution in [0.2, 0.25) is 0 Å². The van der Waals surface area contributed by atoms with Gasteiger partial charge in [0.2, 0.25) is 0 Å². The Kier molecular flexibility index (Phi) is 3.62. The number of aromatic nitrogens is 1. The van der Waals surface area contributed by atoms with Gasteiger partial charge in [0.25, 0.3) is 0 Å². The highest BCUT2D eigenvalue weighted by molar-refractivity contribution is 5.82. The van der Waals surface area contributed by atoms with Crippen LogP contribution in [-0.4, -0.2) is 36.1 Å². The maximum absolute atomic E-state index is 5.74. The first-order valence-corrected chi connectivity index (χ1v) is 7.74. The highest BCUT2D eigenvalue weighted by Gasteiger charge is 2.26. The third-order valence-electron chi connectivity index (χ3n) is 4.31. The molecule has 1 aliphatic rings. The van der Waals surface area contributed by atoms with E-state index in [0.29, 0.717) is 0 Å². The lowest BCUT2D eigenvalue weighted by Gasteiger charge is -2.34. The van der Waals surface area contributed by atoms with Gasteiger partial charge in [-0.15, -0.1) is 0 Å². The summed E-state index contributed by atoms with van der Waals surface area (Å²) in [6.07, 6.45) is 5.51. The van der Waals surface area contributed by atoms with Crippen molar-refractivity contribution in [2.24, 2.45) is 0 Å². The van der Waals surface area contributed by atoms with Crippen molar-refractivity contribution >= 4 is 10.8 Å². The fourth-order valence-electron chi connectivity index (χ4n) is 3.21. The Morgan fingerprint density at radius 1 is 1.09 bits per heavy atom. The van der Waals surface area contributed by atoms with Gasteiger partial charge in [-0.3, -0.25) is 9.88 Å². The summed E-state index contributed by atoms with van der Waals surface area (Å²) in [6.45, 7) is 4.10. The van der Waals surface area contributed by atoms with Crippen LogP contribution in [0.5, 0.6) is 0 Å². The first-order chi connectivity index (χ1) is 10.9. The van der Waals surface area contributed by atoms with Crippen LogP contribution in [-0.2, 0) is 0 Å². The van der Waals surface area contributed by atoms with Crippen molar-refractivity contribution in [2.45, 2.75) is 6.04 Å².